The monoisotopic (exact) mass is 332 g/mol. The minimum Gasteiger partial charge on any atom is -0.391 e. The Morgan fingerprint density at radius 2 is 2.00 bits per heavy atom. The second-order valence-corrected chi connectivity index (χ2v) is 6.82. The molecule has 1 aromatic carbocycles. The zero-order valence-corrected chi connectivity index (χ0v) is 14.7. The van der Waals surface area contributed by atoms with Gasteiger partial charge in [0.15, 0.2) is 0 Å². The van der Waals surface area contributed by atoms with E-state index in [0.29, 0.717) is 11.4 Å². The standard InChI is InChI=1S/C17H24N4O3/c1-12(19-24-11-13-9-7-6-8-10-13)17(20-23)14(16(2,3)4)18-21(5)15(17)22/h6-10,20,23H,11H2,1-5H3/b19-12+. The maximum absolute atomic E-state index is 12.6. The first-order chi connectivity index (χ1) is 11.2. The summed E-state index contributed by atoms with van der Waals surface area (Å²) in [6.45, 7) is 7.66. The van der Waals surface area contributed by atoms with Gasteiger partial charge in [0.2, 0.25) is 5.54 Å². The number of oxime groups is 1. The highest BCUT2D eigenvalue weighted by atomic mass is 16.6. The fourth-order valence-electron chi connectivity index (χ4n) is 2.68. The molecule has 1 unspecified atom stereocenters. The van der Waals surface area contributed by atoms with Crippen LogP contribution in [0.5, 0.6) is 0 Å². The molecule has 2 rings (SSSR count). The van der Waals surface area contributed by atoms with E-state index in [0.717, 1.165) is 5.56 Å². The van der Waals surface area contributed by atoms with Gasteiger partial charge in [-0.15, -0.1) is 0 Å². The highest BCUT2D eigenvalue weighted by Crippen LogP contribution is 2.32. The smallest absolute Gasteiger partial charge is 0.276 e. The molecule has 1 aliphatic heterocycles. The molecule has 7 nitrogen and oxygen atoms in total. The normalized spacial score (nSPS) is 21.9. The van der Waals surface area contributed by atoms with Crippen LogP contribution in [0.2, 0.25) is 0 Å². The average molecular weight is 332 g/mol. The molecular formula is C17H24N4O3. The Morgan fingerprint density at radius 3 is 2.54 bits per heavy atom. The number of nitrogens with zero attached hydrogens (tertiary/aromatic N) is 3. The van der Waals surface area contributed by atoms with Crippen molar-refractivity contribution in [3.05, 3.63) is 35.9 Å². The first kappa shape index (κ1) is 18.1. The zero-order valence-electron chi connectivity index (χ0n) is 14.7. The predicted molar refractivity (Wildman–Crippen MR) is 91.7 cm³/mol. The van der Waals surface area contributed by atoms with Gasteiger partial charge in [0.1, 0.15) is 6.61 Å². The van der Waals surface area contributed by atoms with Crippen molar-refractivity contribution in [3.63, 3.8) is 0 Å². The molecule has 1 amide bonds. The van der Waals surface area contributed by atoms with Crippen LogP contribution in [0.3, 0.4) is 0 Å². The molecule has 0 aliphatic carbocycles. The van der Waals surface area contributed by atoms with Crippen LogP contribution in [0.4, 0.5) is 0 Å². The van der Waals surface area contributed by atoms with Gasteiger partial charge in [-0.1, -0.05) is 56.3 Å². The fourth-order valence-corrected chi connectivity index (χ4v) is 2.68. The number of hydroxylamine groups is 1. The van der Waals surface area contributed by atoms with Gasteiger partial charge in [0.05, 0.1) is 11.4 Å². The molecule has 1 aliphatic rings. The van der Waals surface area contributed by atoms with Gasteiger partial charge in [0.25, 0.3) is 5.91 Å². The van der Waals surface area contributed by atoms with E-state index < -0.39 is 16.9 Å². The fraction of sp³-hybridized carbons (Fsp3) is 0.471. The highest BCUT2D eigenvalue weighted by Gasteiger charge is 2.56. The van der Waals surface area contributed by atoms with Crippen LogP contribution in [-0.2, 0) is 16.2 Å². The second-order valence-electron chi connectivity index (χ2n) is 6.82. The summed E-state index contributed by atoms with van der Waals surface area (Å²) >= 11 is 0. The molecule has 0 saturated carbocycles. The van der Waals surface area contributed by atoms with Crippen LogP contribution in [-0.4, -0.2) is 40.1 Å². The molecule has 0 spiro atoms. The third-order valence-electron chi connectivity index (χ3n) is 3.92. The summed E-state index contributed by atoms with van der Waals surface area (Å²) in [6, 6.07) is 9.57. The molecule has 0 radical (unpaired) electrons. The molecule has 1 atom stereocenters. The van der Waals surface area contributed by atoms with Crippen LogP contribution in [0, 0.1) is 5.41 Å². The van der Waals surface area contributed by atoms with Crippen molar-refractivity contribution in [3.8, 4) is 0 Å². The molecule has 1 heterocycles. The molecule has 0 saturated heterocycles. The molecule has 7 heteroatoms. The summed E-state index contributed by atoms with van der Waals surface area (Å²) in [4.78, 5) is 18.0. The molecule has 0 bridgehead atoms. The van der Waals surface area contributed by atoms with Crippen molar-refractivity contribution in [1.82, 2.24) is 10.5 Å². The number of likely N-dealkylation sites (N-methyl/N-ethyl adjacent to an activating group) is 1. The molecule has 2 N–H and O–H groups in total. The van der Waals surface area contributed by atoms with E-state index >= 15 is 0 Å². The third kappa shape index (κ3) is 3.18. The Labute approximate surface area is 141 Å². The van der Waals surface area contributed by atoms with Gasteiger partial charge in [0, 0.05) is 12.5 Å². The summed E-state index contributed by atoms with van der Waals surface area (Å²) in [6.07, 6.45) is 0. The van der Waals surface area contributed by atoms with Crippen LogP contribution in [0.1, 0.15) is 33.3 Å². The Balaban J connectivity index is 2.28. The molecule has 130 valence electrons. The van der Waals surface area contributed by atoms with Crippen LogP contribution in [0.15, 0.2) is 40.6 Å². The van der Waals surface area contributed by atoms with Gasteiger partial charge in [-0.05, 0) is 12.5 Å². The van der Waals surface area contributed by atoms with E-state index in [1.165, 1.54) is 5.01 Å². The van der Waals surface area contributed by atoms with Gasteiger partial charge in [-0.3, -0.25) is 4.79 Å². The number of rotatable bonds is 5. The number of hydrogen-bond acceptors (Lipinski definition) is 6. The lowest BCUT2D eigenvalue weighted by atomic mass is 9.75. The van der Waals surface area contributed by atoms with E-state index in [1.807, 2.05) is 51.1 Å². The van der Waals surface area contributed by atoms with Gasteiger partial charge in [-0.2, -0.15) is 10.6 Å². The van der Waals surface area contributed by atoms with E-state index in [9.17, 15) is 10.0 Å². The van der Waals surface area contributed by atoms with Crippen molar-refractivity contribution in [1.29, 1.82) is 0 Å². The Morgan fingerprint density at radius 1 is 1.38 bits per heavy atom. The number of nitrogens with one attached hydrogen (secondary N) is 1. The van der Waals surface area contributed by atoms with Crippen molar-refractivity contribution < 1.29 is 14.8 Å². The minimum absolute atomic E-state index is 0.270. The lowest BCUT2D eigenvalue weighted by molar-refractivity contribution is -0.133. The zero-order chi connectivity index (χ0) is 18.0. The SMILES string of the molecule is C/C(=N\OCc1ccccc1)C1(NO)C(=O)N(C)N=C1C(C)(C)C. The van der Waals surface area contributed by atoms with Crippen LogP contribution < -0.4 is 5.48 Å². The molecule has 1 aromatic rings. The number of carbonyl (C=O) groups is 1. The summed E-state index contributed by atoms with van der Waals surface area (Å²) in [7, 11) is 1.55. The maximum Gasteiger partial charge on any atom is 0.276 e. The average Bonchev–Trinajstić information content (AvgIpc) is 2.81. The molecule has 0 fully saturated rings. The topological polar surface area (TPSA) is 86.5 Å². The number of hydrazone groups is 1. The quantitative estimate of drug-likeness (QED) is 0.639. The lowest BCUT2D eigenvalue weighted by Crippen LogP contribution is -2.63. The third-order valence-corrected chi connectivity index (χ3v) is 3.92. The molecule has 24 heavy (non-hydrogen) atoms. The van der Waals surface area contributed by atoms with Crippen molar-refractivity contribution in [2.45, 2.75) is 39.8 Å². The Hall–Kier alpha value is -2.25. The summed E-state index contributed by atoms with van der Waals surface area (Å²) in [5.74, 6) is -0.403. The number of hydrogen-bond donors (Lipinski definition) is 2. The summed E-state index contributed by atoms with van der Waals surface area (Å²) < 4.78 is 0. The van der Waals surface area contributed by atoms with Gasteiger partial charge >= 0.3 is 0 Å². The van der Waals surface area contributed by atoms with Crippen molar-refractivity contribution in [2.24, 2.45) is 15.7 Å². The van der Waals surface area contributed by atoms with E-state index in [2.05, 4.69) is 15.7 Å². The van der Waals surface area contributed by atoms with Gasteiger partial charge < -0.3 is 10.0 Å². The predicted octanol–water partition coefficient (Wildman–Crippen LogP) is 2.17. The van der Waals surface area contributed by atoms with E-state index in [1.54, 1.807) is 14.0 Å². The Bertz CT molecular complexity index is 664. The van der Waals surface area contributed by atoms with Crippen molar-refractivity contribution in [2.75, 3.05) is 7.05 Å². The van der Waals surface area contributed by atoms with E-state index in [4.69, 9.17) is 4.84 Å². The Kier molecular flexibility index (Phi) is 5.05. The number of amides is 1. The molecular weight excluding hydrogens is 308 g/mol. The van der Waals surface area contributed by atoms with Crippen LogP contribution in [0.25, 0.3) is 0 Å². The first-order valence-corrected chi connectivity index (χ1v) is 7.73. The van der Waals surface area contributed by atoms with Gasteiger partial charge in [-0.25, -0.2) is 5.01 Å². The number of carbonyl (C=O) groups excluding carboxylic acids is 1. The van der Waals surface area contributed by atoms with E-state index in [-0.39, 0.29) is 6.61 Å². The number of benzene rings is 1. The van der Waals surface area contributed by atoms with Crippen molar-refractivity contribution >= 4 is 17.3 Å². The largest absolute Gasteiger partial charge is 0.391 e. The lowest BCUT2D eigenvalue weighted by Gasteiger charge is -2.32. The van der Waals surface area contributed by atoms with Crippen LogP contribution >= 0.6 is 0 Å². The minimum atomic E-state index is -1.51. The summed E-state index contributed by atoms with van der Waals surface area (Å²) in [5.41, 5.74) is 1.90. The first-order valence-electron chi connectivity index (χ1n) is 7.73. The highest BCUT2D eigenvalue weighted by molar-refractivity contribution is 6.34. The summed E-state index contributed by atoms with van der Waals surface area (Å²) in [5, 5.41) is 19.4. The second kappa shape index (κ2) is 6.70. The molecule has 0 aromatic heterocycles. The maximum atomic E-state index is 12.6.